The molecule has 3 rings (SSSR count). The van der Waals surface area contributed by atoms with Gasteiger partial charge in [0, 0.05) is 12.2 Å². The van der Waals surface area contributed by atoms with Crippen molar-refractivity contribution in [2.24, 2.45) is 0 Å². The number of thioether (sulfide) groups is 1. The Labute approximate surface area is 187 Å². The van der Waals surface area contributed by atoms with Gasteiger partial charge in [0.05, 0.1) is 5.75 Å². The Morgan fingerprint density at radius 1 is 1.19 bits per heavy atom. The maximum Gasteiger partial charge on any atom is 0.234 e. The summed E-state index contributed by atoms with van der Waals surface area (Å²) in [6.45, 7) is 10.9. The second-order valence-electron chi connectivity index (χ2n) is 7.18. The molecule has 1 aromatic heterocycles. The maximum atomic E-state index is 12.5. The van der Waals surface area contributed by atoms with Gasteiger partial charge in [-0.2, -0.15) is 0 Å². The van der Waals surface area contributed by atoms with Gasteiger partial charge in [0.15, 0.2) is 11.0 Å². The zero-order chi connectivity index (χ0) is 22.2. The molecule has 0 radical (unpaired) electrons. The Morgan fingerprint density at radius 3 is 2.74 bits per heavy atom. The Balaban J connectivity index is 1.63. The molecule has 0 saturated heterocycles. The number of aromatic nitrogens is 3. The van der Waals surface area contributed by atoms with Crippen LogP contribution in [0.15, 0.2) is 60.3 Å². The first-order chi connectivity index (χ1) is 15.0. The number of benzene rings is 2. The number of hydrogen-bond donors (Lipinski definition) is 1. The van der Waals surface area contributed by atoms with Crippen LogP contribution in [0.4, 0.5) is 5.69 Å². The van der Waals surface area contributed by atoms with E-state index in [1.165, 1.54) is 22.9 Å². The minimum atomic E-state index is -0.0769. The number of aryl methyl sites for hydroxylation is 3. The lowest BCUT2D eigenvalue weighted by molar-refractivity contribution is -0.113. The summed E-state index contributed by atoms with van der Waals surface area (Å²) in [4.78, 5) is 12.5. The molecule has 1 heterocycles. The van der Waals surface area contributed by atoms with E-state index >= 15 is 0 Å². The zero-order valence-corrected chi connectivity index (χ0v) is 19.0. The molecule has 0 aliphatic carbocycles. The first-order valence-electron chi connectivity index (χ1n) is 10.3. The van der Waals surface area contributed by atoms with E-state index in [1.807, 2.05) is 47.0 Å². The van der Waals surface area contributed by atoms with Gasteiger partial charge in [-0.05, 0) is 55.2 Å². The quantitative estimate of drug-likeness (QED) is 0.360. The normalized spacial score (nSPS) is 10.7. The number of anilines is 1. The Hall–Kier alpha value is -3.06. The predicted octanol–water partition coefficient (Wildman–Crippen LogP) is 4.95. The SMILES string of the molecule is C=CCn1c(COc2ccc(C)c(C)c2)nnc1SCC(=O)Nc1ccccc1CC. The first-order valence-corrected chi connectivity index (χ1v) is 11.2. The van der Waals surface area contributed by atoms with Gasteiger partial charge in [0.1, 0.15) is 12.4 Å². The molecule has 0 aliphatic rings. The van der Waals surface area contributed by atoms with Crippen molar-refractivity contribution in [1.29, 1.82) is 0 Å². The van der Waals surface area contributed by atoms with Gasteiger partial charge in [-0.1, -0.05) is 49.0 Å². The molecule has 0 atom stereocenters. The summed E-state index contributed by atoms with van der Waals surface area (Å²) < 4.78 is 7.83. The first kappa shape index (κ1) is 22.6. The van der Waals surface area contributed by atoms with Crippen molar-refractivity contribution in [1.82, 2.24) is 14.8 Å². The Morgan fingerprint density at radius 2 is 2.00 bits per heavy atom. The number of nitrogens with one attached hydrogen (secondary N) is 1. The van der Waals surface area contributed by atoms with Gasteiger partial charge >= 0.3 is 0 Å². The van der Waals surface area contributed by atoms with Gasteiger partial charge in [0.2, 0.25) is 5.91 Å². The number of ether oxygens (including phenoxy) is 1. The number of hydrogen-bond acceptors (Lipinski definition) is 5. The third kappa shape index (κ3) is 5.98. The van der Waals surface area contributed by atoms with E-state index in [2.05, 4.69) is 42.9 Å². The molecule has 0 aliphatic heterocycles. The van der Waals surface area contributed by atoms with E-state index in [0.29, 0.717) is 24.1 Å². The van der Waals surface area contributed by atoms with Crippen LogP contribution in [0.5, 0.6) is 5.75 Å². The van der Waals surface area contributed by atoms with Crippen molar-refractivity contribution < 1.29 is 9.53 Å². The van der Waals surface area contributed by atoms with Crippen molar-refractivity contribution in [2.45, 2.75) is 45.5 Å². The molecule has 0 fully saturated rings. The molecule has 0 saturated carbocycles. The highest BCUT2D eigenvalue weighted by molar-refractivity contribution is 7.99. The smallest absolute Gasteiger partial charge is 0.234 e. The second-order valence-corrected chi connectivity index (χ2v) is 8.12. The van der Waals surface area contributed by atoms with Crippen LogP contribution in [-0.4, -0.2) is 26.4 Å². The number of rotatable bonds is 10. The molecule has 1 N–H and O–H groups in total. The summed E-state index contributed by atoms with van der Waals surface area (Å²) in [7, 11) is 0. The standard InChI is InChI=1S/C24H28N4O2S/c1-5-13-28-22(15-30-20-12-11-17(3)18(4)14-20)26-27-24(28)31-16-23(29)25-21-10-8-7-9-19(21)6-2/h5,7-12,14H,1,6,13,15-16H2,2-4H3,(H,25,29). The largest absolute Gasteiger partial charge is 0.486 e. The monoisotopic (exact) mass is 436 g/mol. The summed E-state index contributed by atoms with van der Waals surface area (Å²) in [6.07, 6.45) is 2.64. The number of para-hydroxylation sites is 1. The minimum Gasteiger partial charge on any atom is -0.486 e. The molecule has 0 unspecified atom stereocenters. The average molecular weight is 437 g/mol. The zero-order valence-electron chi connectivity index (χ0n) is 18.2. The van der Waals surface area contributed by atoms with Gasteiger partial charge in [-0.3, -0.25) is 9.36 Å². The minimum absolute atomic E-state index is 0.0769. The van der Waals surface area contributed by atoms with Crippen LogP contribution in [0.3, 0.4) is 0 Å². The summed E-state index contributed by atoms with van der Waals surface area (Å²) in [6, 6.07) is 13.8. The highest BCUT2D eigenvalue weighted by Gasteiger charge is 2.15. The summed E-state index contributed by atoms with van der Waals surface area (Å²) in [5.41, 5.74) is 4.37. The van der Waals surface area contributed by atoms with E-state index in [9.17, 15) is 4.79 Å². The molecule has 2 aromatic carbocycles. The van der Waals surface area contributed by atoms with E-state index < -0.39 is 0 Å². The van der Waals surface area contributed by atoms with E-state index in [-0.39, 0.29) is 11.7 Å². The highest BCUT2D eigenvalue weighted by Crippen LogP contribution is 2.21. The van der Waals surface area contributed by atoms with Crippen LogP contribution in [0.1, 0.15) is 29.4 Å². The van der Waals surface area contributed by atoms with Crippen LogP contribution < -0.4 is 10.1 Å². The Bertz CT molecular complexity index is 1060. The van der Waals surface area contributed by atoms with E-state index in [0.717, 1.165) is 23.4 Å². The fourth-order valence-electron chi connectivity index (χ4n) is 3.06. The Kier molecular flexibility index (Phi) is 7.89. The second kappa shape index (κ2) is 10.8. The lowest BCUT2D eigenvalue weighted by atomic mass is 10.1. The van der Waals surface area contributed by atoms with E-state index in [1.54, 1.807) is 6.08 Å². The molecular formula is C24H28N4O2S. The lowest BCUT2D eigenvalue weighted by Gasteiger charge is -2.11. The van der Waals surface area contributed by atoms with Crippen LogP contribution in [0.2, 0.25) is 0 Å². The summed E-state index contributed by atoms with van der Waals surface area (Å²) >= 11 is 1.35. The molecule has 6 nitrogen and oxygen atoms in total. The number of nitrogens with zero attached hydrogens (tertiary/aromatic N) is 3. The highest BCUT2D eigenvalue weighted by atomic mass is 32.2. The number of carbonyl (C=O) groups excluding carboxylic acids is 1. The molecule has 7 heteroatoms. The van der Waals surface area contributed by atoms with Crippen molar-refractivity contribution in [3.63, 3.8) is 0 Å². The number of allylic oxidation sites excluding steroid dienone is 1. The fraction of sp³-hybridized carbons (Fsp3) is 0.292. The maximum absolute atomic E-state index is 12.5. The van der Waals surface area contributed by atoms with Gasteiger partial charge < -0.3 is 10.1 Å². The van der Waals surface area contributed by atoms with Crippen molar-refractivity contribution >= 4 is 23.4 Å². The fourth-order valence-corrected chi connectivity index (χ4v) is 3.83. The number of carbonyl (C=O) groups is 1. The molecular weight excluding hydrogens is 408 g/mol. The van der Waals surface area contributed by atoms with Gasteiger partial charge in [-0.25, -0.2) is 0 Å². The van der Waals surface area contributed by atoms with Crippen LogP contribution in [0.25, 0.3) is 0 Å². The topological polar surface area (TPSA) is 69.0 Å². The van der Waals surface area contributed by atoms with Crippen molar-refractivity contribution in [2.75, 3.05) is 11.1 Å². The van der Waals surface area contributed by atoms with Crippen molar-refractivity contribution in [3.8, 4) is 5.75 Å². The number of amides is 1. The van der Waals surface area contributed by atoms with Gasteiger partial charge in [0.25, 0.3) is 0 Å². The summed E-state index contributed by atoms with van der Waals surface area (Å²) in [5.74, 6) is 1.65. The third-order valence-corrected chi connectivity index (χ3v) is 5.92. The molecule has 3 aromatic rings. The lowest BCUT2D eigenvalue weighted by Crippen LogP contribution is -2.16. The van der Waals surface area contributed by atoms with Gasteiger partial charge in [-0.15, -0.1) is 16.8 Å². The van der Waals surface area contributed by atoms with Crippen LogP contribution in [0, 0.1) is 13.8 Å². The van der Waals surface area contributed by atoms with Crippen LogP contribution in [-0.2, 0) is 24.4 Å². The summed E-state index contributed by atoms with van der Waals surface area (Å²) in [5, 5.41) is 12.2. The molecule has 162 valence electrons. The third-order valence-electron chi connectivity index (χ3n) is 4.96. The molecule has 0 spiro atoms. The predicted molar refractivity (Wildman–Crippen MR) is 126 cm³/mol. The molecule has 31 heavy (non-hydrogen) atoms. The molecule has 0 bridgehead atoms. The van der Waals surface area contributed by atoms with E-state index in [4.69, 9.17) is 4.74 Å². The molecule has 1 amide bonds. The van der Waals surface area contributed by atoms with Crippen molar-refractivity contribution in [3.05, 3.63) is 77.6 Å². The van der Waals surface area contributed by atoms with Crippen LogP contribution >= 0.6 is 11.8 Å². The average Bonchev–Trinajstić information content (AvgIpc) is 3.15.